The maximum Gasteiger partial charge on any atom is 0.417 e. The molecule has 0 spiro atoms. The van der Waals surface area contributed by atoms with Crippen LogP contribution < -0.4 is 31.7 Å². The third-order valence-corrected chi connectivity index (χ3v) is 15.5. The number of thiazole rings is 1. The van der Waals surface area contributed by atoms with Gasteiger partial charge in [-0.15, -0.1) is 11.3 Å². The number of nitrogens with one attached hydrogen (secondary N) is 5. The number of β-amino-alcohol motifs (C(OH)–C–C–N with tert-alkyl or cyclic N) is 1. The number of benzene rings is 3. The van der Waals surface area contributed by atoms with Gasteiger partial charge in [-0.2, -0.15) is 13.2 Å². The van der Waals surface area contributed by atoms with Crippen LogP contribution in [0.4, 0.5) is 28.9 Å². The summed E-state index contributed by atoms with van der Waals surface area (Å²) in [5.74, 6) is -3.50. The summed E-state index contributed by atoms with van der Waals surface area (Å²) in [6, 6.07) is 15.2. The van der Waals surface area contributed by atoms with Crippen LogP contribution in [0.25, 0.3) is 21.6 Å². The fraction of sp³-hybridized carbons (Fsp3) is 0.456. The fourth-order valence-corrected chi connectivity index (χ4v) is 10.7. The Balaban J connectivity index is 0.873. The average molecular weight is 1100 g/mol. The van der Waals surface area contributed by atoms with Gasteiger partial charge in [0.15, 0.2) is 0 Å². The highest BCUT2D eigenvalue weighted by molar-refractivity contribution is 7.13. The van der Waals surface area contributed by atoms with Gasteiger partial charge in [-0.05, 0) is 87.0 Å². The van der Waals surface area contributed by atoms with Gasteiger partial charge in [-0.3, -0.25) is 33.7 Å². The Morgan fingerprint density at radius 1 is 0.859 bits per heavy atom. The van der Waals surface area contributed by atoms with E-state index in [9.17, 15) is 47.0 Å². The van der Waals surface area contributed by atoms with E-state index in [1.54, 1.807) is 29.0 Å². The number of halogens is 4. The highest BCUT2D eigenvalue weighted by Gasteiger charge is 2.44. The number of aliphatic hydroxyl groups is 1. The molecule has 78 heavy (non-hydrogen) atoms. The number of nitrogens with zero attached hydrogens (tertiary/aromatic N) is 4. The topological polar surface area (TPSA) is 209 Å². The number of rotatable bonds is 19. The van der Waals surface area contributed by atoms with E-state index >= 15 is 4.39 Å². The quantitative estimate of drug-likeness (QED) is 0.0344. The minimum absolute atomic E-state index is 0.0333. The Bertz CT molecular complexity index is 3020. The third-order valence-electron chi connectivity index (χ3n) is 14.5. The number of piperazine rings is 1. The zero-order chi connectivity index (χ0) is 56.6. The van der Waals surface area contributed by atoms with E-state index in [4.69, 9.17) is 0 Å². The van der Waals surface area contributed by atoms with Crippen LogP contribution in [0.1, 0.15) is 117 Å². The molecule has 0 saturated carbocycles. The van der Waals surface area contributed by atoms with Crippen LogP contribution >= 0.6 is 11.3 Å². The monoisotopic (exact) mass is 1100 g/mol. The number of hydrogen-bond donors (Lipinski definition) is 6. The van der Waals surface area contributed by atoms with E-state index in [-0.39, 0.29) is 66.6 Å². The number of anilines is 2. The summed E-state index contributed by atoms with van der Waals surface area (Å²) in [5, 5.41) is 21.8. The number of unbranched alkanes of at least 4 members (excludes halogenated alkanes) is 4. The Morgan fingerprint density at radius 2 is 1.54 bits per heavy atom. The molecule has 16 nitrogen and oxygen atoms in total. The molecular weight excluding hydrogens is 1030 g/mol. The lowest BCUT2D eigenvalue weighted by molar-refractivity contribution is -0.144. The molecule has 0 radical (unpaired) electrons. The van der Waals surface area contributed by atoms with Crippen LogP contribution in [0, 0.1) is 18.2 Å². The molecule has 418 valence electrons. The molecule has 0 bridgehead atoms. The maximum atomic E-state index is 15.9. The van der Waals surface area contributed by atoms with Gasteiger partial charge in [0.25, 0.3) is 11.8 Å². The first kappa shape index (κ1) is 58.7. The van der Waals surface area contributed by atoms with Crippen molar-refractivity contribution in [2.75, 3.05) is 43.4 Å². The first-order valence-electron chi connectivity index (χ1n) is 26.2. The van der Waals surface area contributed by atoms with E-state index < -0.39 is 70.0 Å². The zero-order valence-corrected chi connectivity index (χ0v) is 45.8. The van der Waals surface area contributed by atoms with Crippen LogP contribution in [0.2, 0.25) is 0 Å². The lowest BCUT2D eigenvalue weighted by atomic mass is 9.85. The number of carbonyl (C=O) groups excluding carboxylic acids is 5. The van der Waals surface area contributed by atoms with Gasteiger partial charge in [0.1, 0.15) is 17.9 Å². The molecule has 2 saturated heterocycles. The van der Waals surface area contributed by atoms with E-state index in [2.05, 4.69) is 36.1 Å². The predicted octanol–water partition coefficient (Wildman–Crippen LogP) is 8.29. The van der Waals surface area contributed by atoms with Crippen LogP contribution in [0.3, 0.4) is 0 Å². The highest BCUT2D eigenvalue weighted by Crippen LogP contribution is 2.37. The normalized spacial score (nSPS) is 18.4. The summed E-state index contributed by atoms with van der Waals surface area (Å²) >= 11 is 1.55. The van der Waals surface area contributed by atoms with Crippen LogP contribution in [0.5, 0.6) is 0 Å². The van der Waals surface area contributed by atoms with E-state index in [1.807, 2.05) is 77.8 Å². The smallest absolute Gasteiger partial charge is 0.391 e. The molecule has 2 aliphatic rings. The van der Waals surface area contributed by atoms with Crippen molar-refractivity contribution in [1.29, 1.82) is 0 Å². The number of carbonyl (C=O) groups is 5. The van der Waals surface area contributed by atoms with Crippen molar-refractivity contribution in [3.8, 4) is 21.6 Å². The molecule has 0 unspecified atom stereocenters. The number of pyridine rings is 1. The summed E-state index contributed by atoms with van der Waals surface area (Å²) in [4.78, 5) is 92.4. The summed E-state index contributed by atoms with van der Waals surface area (Å²) in [5.41, 5.74) is 1.80. The lowest BCUT2D eigenvalue weighted by Crippen LogP contribution is -2.57. The number of amides is 5. The molecular formula is C57H69F4N9O7S. The van der Waals surface area contributed by atoms with E-state index in [1.165, 1.54) is 23.1 Å². The molecule has 3 aromatic carbocycles. The molecule has 4 heterocycles. The first-order valence-corrected chi connectivity index (χ1v) is 27.1. The Morgan fingerprint density at radius 3 is 2.19 bits per heavy atom. The minimum Gasteiger partial charge on any atom is -0.391 e. The molecule has 5 atom stereocenters. The zero-order valence-electron chi connectivity index (χ0n) is 45.0. The van der Waals surface area contributed by atoms with Gasteiger partial charge in [0.05, 0.1) is 44.7 Å². The van der Waals surface area contributed by atoms with Crippen molar-refractivity contribution < 1.29 is 46.6 Å². The number of alkyl halides is 3. The number of H-pyrrole nitrogens is 1. The Labute approximate surface area is 455 Å². The number of likely N-dealkylation sites (N-methyl/N-ethyl adjacent to an activating group) is 1. The van der Waals surface area contributed by atoms with Crippen LogP contribution in [-0.2, 0) is 27.1 Å². The lowest BCUT2D eigenvalue weighted by Gasteiger charge is -2.44. The molecule has 5 amide bonds. The summed E-state index contributed by atoms with van der Waals surface area (Å²) in [6.45, 7) is 13.1. The van der Waals surface area contributed by atoms with Gasteiger partial charge < -0.3 is 41.2 Å². The Hall–Kier alpha value is -6.97. The second-order valence-electron chi connectivity index (χ2n) is 21.5. The standard InChI is InChI=1S/C57H69F4N9O7S/c1-33-29-69(30-34(2)68(33)7)46-21-19-38(24-45(46)66-53(75)42-28-63-49(73)26-43(42)57(59,60)61)41-20-18-39(23-44(41)58)52(74)62-22-12-10-8-9-11-13-48(72)67-51(56(4,5)6)55(77)70-31-40(71)25-47(70)54(76)64-27-36-14-16-37(17-15-36)50-35(3)65-32-78-50/h14-21,23-24,26,28,32-34,40,47,51,71H,8-13,22,25,27,29-31H2,1-7H3,(H,62,74)(H,63,73)(H,64,76)(H,66,75)(H,67,72)/t33-,34+,40-,47+,51-/m1/s1. The van der Waals surface area contributed by atoms with Gasteiger partial charge in [-0.25, -0.2) is 9.37 Å². The second kappa shape index (κ2) is 25.2. The number of aryl methyl sites for hydroxylation is 1. The molecule has 7 rings (SSSR count). The number of likely N-dealkylation sites (tertiary alicyclic amines) is 1. The second-order valence-corrected chi connectivity index (χ2v) is 22.3. The predicted molar refractivity (Wildman–Crippen MR) is 292 cm³/mol. The number of aromatic nitrogens is 2. The maximum absolute atomic E-state index is 15.9. The van der Waals surface area contributed by atoms with Crippen LogP contribution in [0.15, 0.2) is 83.2 Å². The highest BCUT2D eigenvalue weighted by atomic mass is 32.1. The number of aromatic amines is 1. The summed E-state index contributed by atoms with van der Waals surface area (Å²) in [6.07, 6.45) is -1.57. The van der Waals surface area contributed by atoms with Crippen molar-refractivity contribution >= 4 is 52.2 Å². The van der Waals surface area contributed by atoms with Crippen LogP contribution in [-0.4, -0.2) is 118 Å². The third kappa shape index (κ3) is 14.6. The summed E-state index contributed by atoms with van der Waals surface area (Å²) < 4.78 is 57.8. The van der Waals surface area contributed by atoms with Crippen molar-refractivity contribution in [2.24, 2.45) is 5.41 Å². The SMILES string of the molecule is Cc1ncsc1-c1ccc(CNC(=O)[C@@H]2C[C@@H](O)CN2C(=O)[C@@H](NC(=O)CCCCCCCNC(=O)c2ccc(-c3ccc(N4C[C@@H](C)N(C)[C@@H](C)C4)c(NC(=O)c4c[nH]c(=O)cc4C(F)(F)F)c3)c(F)c2)C(C)(C)C)cc1. The van der Waals surface area contributed by atoms with Gasteiger partial charge >= 0.3 is 6.18 Å². The van der Waals surface area contributed by atoms with E-state index in [0.717, 1.165) is 40.6 Å². The largest absolute Gasteiger partial charge is 0.417 e. The summed E-state index contributed by atoms with van der Waals surface area (Å²) in [7, 11) is 1.99. The molecule has 2 fully saturated rings. The molecule has 5 aromatic rings. The first-order chi connectivity index (χ1) is 36.9. The number of aliphatic hydroxyl groups excluding tert-OH is 1. The van der Waals surface area contributed by atoms with E-state index in [0.29, 0.717) is 62.4 Å². The van der Waals surface area contributed by atoms with Gasteiger partial charge in [0, 0.05) is 81.0 Å². The average Bonchev–Trinajstić information content (AvgIpc) is 4.04. The molecule has 2 aromatic heterocycles. The van der Waals surface area contributed by atoms with Crippen molar-refractivity contribution in [1.82, 2.24) is 35.7 Å². The van der Waals surface area contributed by atoms with Crippen molar-refractivity contribution in [3.05, 3.63) is 123 Å². The molecule has 21 heteroatoms. The fourth-order valence-electron chi connectivity index (χ4n) is 9.91. The van der Waals surface area contributed by atoms with Gasteiger partial charge in [-0.1, -0.05) is 76.4 Å². The molecule has 6 N–H and O–H groups in total. The minimum atomic E-state index is -4.99. The Kier molecular flexibility index (Phi) is 19.0. The molecule has 2 aliphatic heterocycles. The molecule has 0 aliphatic carbocycles. The number of hydrogen-bond acceptors (Lipinski definition) is 11. The van der Waals surface area contributed by atoms with Crippen molar-refractivity contribution in [3.63, 3.8) is 0 Å². The van der Waals surface area contributed by atoms with Gasteiger partial charge in [0.2, 0.25) is 23.3 Å². The van der Waals surface area contributed by atoms with Crippen molar-refractivity contribution in [2.45, 2.75) is 129 Å².